The number of rotatable bonds is 2. The first kappa shape index (κ1) is 8.23. The minimum atomic E-state index is 0.437. The van der Waals surface area contributed by atoms with E-state index in [9.17, 15) is 0 Å². The molecule has 0 aromatic carbocycles. The third kappa shape index (κ3) is 1.78. The SMILES string of the molecule is CCc1cc(NN)nnc1Cl. The second kappa shape index (κ2) is 3.50. The van der Waals surface area contributed by atoms with Crippen LogP contribution in [0.15, 0.2) is 6.07 Å². The molecule has 5 heteroatoms. The Morgan fingerprint density at radius 3 is 2.91 bits per heavy atom. The molecule has 0 atom stereocenters. The molecule has 0 aliphatic rings. The largest absolute Gasteiger partial charge is 0.307 e. The highest BCUT2D eigenvalue weighted by Gasteiger charge is 2.00. The van der Waals surface area contributed by atoms with Gasteiger partial charge in [0.2, 0.25) is 0 Å². The van der Waals surface area contributed by atoms with E-state index in [0.717, 1.165) is 12.0 Å². The Morgan fingerprint density at radius 1 is 1.64 bits per heavy atom. The number of aryl methyl sites for hydroxylation is 1. The molecule has 0 fully saturated rings. The molecule has 0 spiro atoms. The Kier molecular flexibility index (Phi) is 2.62. The third-order valence-electron chi connectivity index (χ3n) is 1.35. The molecular formula is C6H9ClN4. The lowest BCUT2D eigenvalue weighted by Crippen LogP contribution is -2.09. The van der Waals surface area contributed by atoms with Gasteiger partial charge in [0.15, 0.2) is 11.0 Å². The van der Waals surface area contributed by atoms with Crippen molar-refractivity contribution in [1.82, 2.24) is 10.2 Å². The lowest BCUT2D eigenvalue weighted by atomic mass is 10.2. The van der Waals surface area contributed by atoms with Crippen LogP contribution in [0.2, 0.25) is 5.15 Å². The number of nitrogens with two attached hydrogens (primary N) is 1. The number of hydrogen-bond acceptors (Lipinski definition) is 4. The first-order valence-electron chi connectivity index (χ1n) is 3.26. The standard InChI is InChI=1S/C6H9ClN4/c1-2-4-3-5(9-8)10-11-6(4)7/h3H,2,8H2,1H3,(H,9,10). The zero-order valence-electron chi connectivity index (χ0n) is 6.13. The predicted octanol–water partition coefficient (Wildman–Crippen LogP) is 0.978. The average Bonchev–Trinajstić information content (AvgIpc) is 2.05. The molecule has 0 aliphatic carbocycles. The van der Waals surface area contributed by atoms with Crippen molar-refractivity contribution in [3.05, 3.63) is 16.8 Å². The summed E-state index contributed by atoms with van der Waals surface area (Å²) in [5.41, 5.74) is 3.34. The Balaban J connectivity index is 3.02. The maximum Gasteiger partial charge on any atom is 0.162 e. The fraction of sp³-hybridized carbons (Fsp3) is 0.333. The Bertz CT molecular complexity index is 250. The highest BCUT2D eigenvalue weighted by molar-refractivity contribution is 6.30. The maximum atomic E-state index is 5.71. The first-order chi connectivity index (χ1) is 5.27. The first-order valence-corrected chi connectivity index (χ1v) is 3.64. The van der Waals surface area contributed by atoms with Crippen molar-refractivity contribution >= 4 is 17.4 Å². The van der Waals surface area contributed by atoms with Crippen LogP contribution in [0.25, 0.3) is 0 Å². The minimum absolute atomic E-state index is 0.437. The molecule has 0 saturated carbocycles. The molecule has 11 heavy (non-hydrogen) atoms. The number of nitrogens with one attached hydrogen (secondary N) is 1. The van der Waals surface area contributed by atoms with E-state index in [0.29, 0.717) is 11.0 Å². The number of hydrogen-bond donors (Lipinski definition) is 2. The van der Waals surface area contributed by atoms with Crippen LogP contribution in [0.3, 0.4) is 0 Å². The van der Waals surface area contributed by atoms with E-state index in [1.807, 2.05) is 6.92 Å². The summed E-state index contributed by atoms with van der Waals surface area (Å²) in [5, 5.41) is 7.82. The Morgan fingerprint density at radius 2 is 2.36 bits per heavy atom. The summed E-state index contributed by atoms with van der Waals surface area (Å²) in [5.74, 6) is 5.66. The second-order valence-electron chi connectivity index (χ2n) is 2.04. The second-order valence-corrected chi connectivity index (χ2v) is 2.40. The molecule has 0 bridgehead atoms. The van der Waals surface area contributed by atoms with Crippen molar-refractivity contribution in [2.45, 2.75) is 13.3 Å². The van der Waals surface area contributed by atoms with Crippen LogP contribution in [-0.4, -0.2) is 10.2 Å². The van der Waals surface area contributed by atoms with Crippen molar-refractivity contribution in [3.8, 4) is 0 Å². The van der Waals surface area contributed by atoms with Gasteiger partial charge in [0.1, 0.15) is 0 Å². The van der Waals surface area contributed by atoms with Crippen LogP contribution in [-0.2, 0) is 6.42 Å². The molecule has 1 heterocycles. The number of halogens is 1. The van der Waals surface area contributed by atoms with E-state index in [2.05, 4.69) is 15.6 Å². The Labute approximate surface area is 69.7 Å². The van der Waals surface area contributed by atoms with Crippen molar-refractivity contribution in [3.63, 3.8) is 0 Å². The molecule has 0 unspecified atom stereocenters. The zero-order chi connectivity index (χ0) is 8.27. The van der Waals surface area contributed by atoms with Crippen LogP contribution >= 0.6 is 11.6 Å². The quantitative estimate of drug-likeness (QED) is 0.516. The van der Waals surface area contributed by atoms with Gasteiger partial charge in [-0.2, -0.15) is 0 Å². The lowest BCUT2D eigenvalue weighted by Gasteiger charge is -2.01. The van der Waals surface area contributed by atoms with E-state index >= 15 is 0 Å². The lowest BCUT2D eigenvalue weighted by molar-refractivity contribution is 0.978. The van der Waals surface area contributed by atoms with Crippen LogP contribution in [0.1, 0.15) is 12.5 Å². The van der Waals surface area contributed by atoms with E-state index < -0.39 is 0 Å². The molecule has 0 aliphatic heterocycles. The van der Waals surface area contributed by atoms with Gasteiger partial charge in [0, 0.05) is 0 Å². The van der Waals surface area contributed by atoms with Crippen molar-refractivity contribution in [2.75, 3.05) is 5.43 Å². The summed E-state index contributed by atoms with van der Waals surface area (Å²) in [6, 6.07) is 1.77. The number of nitrogen functional groups attached to an aromatic ring is 1. The summed E-state index contributed by atoms with van der Waals surface area (Å²) in [6.07, 6.45) is 0.822. The van der Waals surface area contributed by atoms with Crippen LogP contribution in [0.4, 0.5) is 5.82 Å². The van der Waals surface area contributed by atoms with Gasteiger partial charge in [-0.25, -0.2) is 5.84 Å². The molecule has 4 nitrogen and oxygen atoms in total. The van der Waals surface area contributed by atoms with E-state index in [4.69, 9.17) is 17.4 Å². The topological polar surface area (TPSA) is 63.8 Å². The minimum Gasteiger partial charge on any atom is -0.307 e. The van der Waals surface area contributed by atoms with Gasteiger partial charge < -0.3 is 5.43 Å². The fourth-order valence-corrected chi connectivity index (χ4v) is 0.960. The molecule has 0 amide bonds. The highest BCUT2D eigenvalue weighted by atomic mass is 35.5. The number of hydrazine groups is 1. The molecule has 0 radical (unpaired) electrons. The van der Waals surface area contributed by atoms with Gasteiger partial charge in [-0.15, -0.1) is 10.2 Å². The van der Waals surface area contributed by atoms with Gasteiger partial charge in [-0.05, 0) is 18.1 Å². The summed E-state index contributed by atoms with van der Waals surface area (Å²) in [4.78, 5) is 0. The summed E-state index contributed by atoms with van der Waals surface area (Å²) >= 11 is 5.71. The average molecular weight is 173 g/mol. The van der Waals surface area contributed by atoms with Crippen molar-refractivity contribution in [2.24, 2.45) is 5.84 Å². The van der Waals surface area contributed by atoms with Gasteiger partial charge in [-0.3, -0.25) is 0 Å². The molecular weight excluding hydrogens is 164 g/mol. The molecule has 1 rings (SSSR count). The normalized spacial score (nSPS) is 9.73. The van der Waals surface area contributed by atoms with Crippen molar-refractivity contribution in [1.29, 1.82) is 0 Å². The van der Waals surface area contributed by atoms with Gasteiger partial charge in [0.25, 0.3) is 0 Å². The van der Waals surface area contributed by atoms with Gasteiger partial charge in [-0.1, -0.05) is 18.5 Å². The summed E-state index contributed by atoms with van der Waals surface area (Å²) in [7, 11) is 0. The van der Waals surface area contributed by atoms with E-state index in [1.54, 1.807) is 6.07 Å². The van der Waals surface area contributed by atoms with Crippen molar-refractivity contribution < 1.29 is 0 Å². The van der Waals surface area contributed by atoms with Gasteiger partial charge in [0.05, 0.1) is 0 Å². The smallest absolute Gasteiger partial charge is 0.162 e. The number of anilines is 1. The maximum absolute atomic E-state index is 5.71. The molecule has 3 N–H and O–H groups in total. The highest BCUT2D eigenvalue weighted by Crippen LogP contribution is 2.14. The fourth-order valence-electron chi connectivity index (χ4n) is 0.734. The molecule has 0 saturated heterocycles. The van der Waals surface area contributed by atoms with Crippen LogP contribution in [0, 0.1) is 0 Å². The zero-order valence-corrected chi connectivity index (χ0v) is 6.89. The van der Waals surface area contributed by atoms with E-state index in [-0.39, 0.29) is 0 Å². The molecule has 1 aromatic rings. The van der Waals surface area contributed by atoms with Crippen LogP contribution in [0.5, 0.6) is 0 Å². The predicted molar refractivity (Wildman–Crippen MR) is 44.2 cm³/mol. The van der Waals surface area contributed by atoms with Gasteiger partial charge >= 0.3 is 0 Å². The summed E-state index contributed by atoms with van der Waals surface area (Å²) in [6.45, 7) is 1.99. The molecule has 1 aromatic heterocycles. The van der Waals surface area contributed by atoms with Crippen LogP contribution < -0.4 is 11.3 Å². The third-order valence-corrected chi connectivity index (χ3v) is 1.67. The Hall–Kier alpha value is -0.870. The number of aromatic nitrogens is 2. The number of nitrogens with zero attached hydrogens (tertiary/aromatic N) is 2. The molecule has 60 valence electrons. The summed E-state index contributed by atoms with van der Waals surface area (Å²) < 4.78 is 0. The van der Waals surface area contributed by atoms with E-state index in [1.165, 1.54) is 0 Å². The monoisotopic (exact) mass is 172 g/mol.